The summed E-state index contributed by atoms with van der Waals surface area (Å²) in [6.45, 7) is 0.275. The molecule has 1 heterocycles. The molecule has 0 fully saturated rings. The molecule has 23 heavy (non-hydrogen) atoms. The lowest BCUT2D eigenvalue weighted by Gasteiger charge is -2.04. The zero-order valence-corrected chi connectivity index (χ0v) is 12.2. The monoisotopic (exact) mass is 307 g/mol. The molecule has 0 saturated heterocycles. The van der Waals surface area contributed by atoms with Crippen LogP contribution in [0.25, 0.3) is 6.08 Å². The number of hydrogen-bond acceptors (Lipinski definition) is 5. The van der Waals surface area contributed by atoms with Crippen molar-refractivity contribution in [2.75, 3.05) is 6.79 Å². The molecule has 0 atom stereocenters. The number of hydrogen-bond donors (Lipinski definition) is 0. The SMILES string of the molecule is N#Cc1ccccc1COC(=O)C=Cc1ccc2c(c1)OCO2. The highest BCUT2D eigenvalue weighted by Gasteiger charge is 2.12. The van der Waals surface area contributed by atoms with Crippen LogP contribution >= 0.6 is 0 Å². The molecule has 0 unspecified atom stereocenters. The predicted octanol–water partition coefficient (Wildman–Crippen LogP) is 3.04. The molecule has 0 spiro atoms. The molecule has 0 aromatic heterocycles. The molecular formula is C18H13NO4. The highest BCUT2D eigenvalue weighted by atomic mass is 16.7. The second kappa shape index (κ2) is 6.67. The van der Waals surface area contributed by atoms with Gasteiger partial charge in [0.2, 0.25) is 6.79 Å². The maximum absolute atomic E-state index is 11.8. The molecule has 5 nitrogen and oxygen atoms in total. The molecule has 0 aliphatic carbocycles. The number of carbonyl (C=O) groups is 1. The Bertz CT molecular complexity index is 805. The molecule has 0 amide bonds. The lowest BCUT2D eigenvalue weighted by molar-refractivity contribution is -0.138. The Morgan fingerprint density at radius 2 is 2.04 bits per heavy atom. The van der Waals surface area contributed by atoms with Crippen molar-refractivity contribution < 1.29 is 19.0 Å². The molecule has 5 heteroatoms. The summed E-state index contributed by atoms with van der Waals surface area (Å²) in [6, 6.07) is 14.5. The minimum absolute atomic E-state index is 0.0635. The quantitative estimate of drug-likeness (QED) is 0.641. The number of nitriles is 1. The Kier molecular flexibility index (Phi) is 4.25. The predicted molar refractivity (Wildman–Crippen MR) is 82.6 cm³/mol. The highest BCUT2D eigenvalue weighted by Crippen LogP contribution is 2.32. The lowest BCUT2D eigenvalue weighted by Crippen LogP contribution is -2.02. The molecule has 0 saturated carbocycles. The number of esters is 1. The summed E-state index contributed by atoms with van der Waals surface area (Å²) in [5.74, 6) is 0.872. The van der Waals surface area contributed by atoms with Crippen molar-refractivity contribution >= 4 is 12.0 Å². The fraction of sp³-hybridized carbons (Fsp3) is 0.111. The van der Waals surface area contributed by atoms with Crippen LogP contribution in [0.1, 0.15) is 16.7 Å². The summed E-state index contributed by atoms with van der Waals surface area (Å²) < 4.78 is 15.7. The third-order valence-corrected chi connectivity index (χ3v) is 3.32. The van der Waals surface area contributed by atoms with Crippen molar-refractivity contribution in [2.24, 2.45) is 0 Å². The van der Waals surface area contributed by atoms with Gasteiger partial charge in [0.15, 0.2) is 11.5 Å². The van der Waals surface area contributed by atoms with Crippen LogP contribution in [-0.4, -0.2) is 12.8 Å². The second-order valence-corrected chi connectivity index (χ2v) is 4.82. The topological polar surface area (TPSA) is 68.5 Å². The average molecular weight is 307 g/mol. The van der Waals surface area contributed by atoms with Crippen molar-refractivity contribution in [3.05, 3.63) is 65.2 Å². The van der Waals surface area contributed by atoms with Gasteiger partial charge >= 0.3 is 5.97 Å². The molecule has 3 rings (SSSR count). The van der Waals surface area contributed by atoms with Crippen molar-refractivity contribution in [1.29, 1.82) is 5.26 Å². The second-order valence-electron chi connectivity index (χ2n) is 4.82. The van der Waals surface area contributed by atoms with Crippen LogP contribution in [0.15, 0.2) is 48.5 Å². The normalized spacial score (nSPS) is 12.1. The zero-order valence-electron chi connectivity index (χ0n) is 12.2. The van der Waals surface area contributed by atoms with E-state index in [1.165, 1.54) is 6.08 Å². The van der Waals surface area contributed by atoms with Crippen LogP contribution in [0.3, 0.4) is 0 Å². The van der Waals surface area contributed by atoms with E-state index in [0.29, 0.717) is 22.6 Å². The lowest BCUT2D eigenvalue weighted by atomic mass is 10.1. The van der Waals surface area contributed by atoms with Gasteiger partial charge in [-0.3, -0.25) is 0 Å². The van der Waals surface area contributed by atoms with Gasteiger partial charge in [0, 0.05) is 11.6 Å². The van der Waals surface area contributed by atoms with Gasteiger partial charge in [-0.25, -0.2) is 4.79 Å². The first-order chi connectivity index (χ1) is 11.3. The van der Waals surface area contributed by atoms with E-state index in [9.17, 15) is 4.79 Å². The smallest absolute Gasteiger partial charge is 0.331 e. The van der Waals surface area contributed by atoms with Gasteiger partial charge in [-0.2, -0.15) is 5.26 Å². The van der Waals surface area contributed by atoms with Gasteiger partial charge in [0.1, 0.15) is 6.61 Å². The molecule has 1 aliphatic heterocycles. The Morgan fingerprint density at radius 3 is 2.91 bits per heavy atom. The summed E-state index contributed by atoms with van der Waals surface area (Å²) in [7, 11) is 0. The Labute approximate surface area is 133 Å². The largest absolute Gasteiger partial charge is 0.458 e. The van der Waals surface area contributed by atoms with Crippen LogP contribution in [0, 0.1) is 11.3 Å². The highest BCUT2D eigenvalue weighted by molar-refractivity contribution is 5.87. The Balaban J connectivity index is 1.60. The fourth-order valence-corrected chi connectivity index (χ4v) is 2.13. The van der Waals surface area contributed by atoms with E-state index in [1.807, 2.05) is 6.07 Å². The maximum atomic E-state index is 11.8. The fourth-order valence-electron chi connectivity index (χ4n) is 2.13. The van der Waals surface area contributed by atoms with Gasteiger partial charge in [-0.1, -0.05) is 24.3 Å². The van der Waals surface area contributed by atoms with Gasteiger partial charge in [-0.15, -0.1) is 0 Å². The molecule has 0 bridgehead atoms. The summed E-state index contributed by atoms with van der Waals surface area (Å²) >= 11 is 0. The van der Waals surface area contributed by atoms with Crippen LogP contribution in [0.2, 0.25) is 0 Å². The van der Waals surface area contributed by atoms with Crippen LogP contribution in [0.4, 0.5) is 0 Å². The van der Waals surface area contributed by atoms with Gasteiger partial charge in [0.05, 0.1) is 11.6 Å². The van der Waals surface area contributed by atoms with Crippen molar-refractivity contribution in [3.63, 3.8) is 0 Å². The summed E-state index contributed by atoms with van der Waals surface area (Å²) in [5, 5.41) is 8.99. The third-order valence-electron chi connectivity index (χ3n) is 3.32. The van der Waals surface area contributed by atoms with E-state index < -0.39 is 5.97 Å². The van der Waals surface area contributed by atoms with E-state index in [4.69, 9.17) is 19.5 Å². The zero-order chi connectivity index (χ0) is 16.1. The molecule has 1 aliphatic rings. The molecule has 2 aromatic carbocycles. The molecule has 114 valence electrons. The molecular weight excluding hydrogens is 294 g/mol. The number of rotatable bonds is 4. The number of ether oxygens (including phenoxy) is 3. The van der Waals surface area contributed by atoms with Crippen LogP contribution in [-0.2, 0) is 16.1 Å². The summed E-state index contributed by atoms with van der Waals surface area (Å²) in [5.41, 5.74) is 1.99. The van der Waals surface area contributed by atoms with Crippen LogP contribution in [0.5, 0.6) is 11.5 Å². The van der Waals surface area contributed by atoms with Gasteiger partial charge < -0.3 is 14.2 Å². The molecule has 2 aromatic rings. The van der Waals surface area contributed by atoms with E-state index >= 15 is 0 Å². The number of carbonyl (C=O) groups excluding carboxylic acids is 1. The first-order valence-electron chi connectivity index (χ1n) is 6.99. The standard InChI is InChI=1S/C18H13NO4/c19-10-14-3-1-2-4-15(14)11-21-18(20)8-6-13-5-7-16-17(9-13)23-12-22-16/h1-9H,11-12H2. The number of benzene rings is 2. The van der Waals surface area contributed by atoms with E-state index in [1.54, 1.807) is 42.5 Å². The third kappa shape index (κ3) is 3.50. The first kappa shape index (κ1) is 14.7. The average Bonchev–Trinajstić information content (AvgIpc) is 3.06. The maximum Gasteiger partial charge on any atom is 0.331 e. The number of fused-ring (bicyclic) bond motifs is 1. The van der Waals surface area contributed by atoms with Crippen molar-refractivity contribution in [3.8, 4) is 17.6 Å². The minimum Gasteiger partial charge on any atom is -0.458 e. The van der Waals surface area contributed by atoms with E-state index in [-0.39, 0.29) is 13.4 Å². The van der Waals surface area contributed by atoms with E-state index in [2.05, 4.69) is 6.07 Å². The van der Waals surface area contributed by atoms with E-state index in [0.717, 1.165) is 5.56 Å². The van der Waals surface area contributed by atoms with Gasteiger partial charge in [-0.05, 0) is 29.8 Å². The van der Waals surface area contributed by atoms with Crippen LogP contribution < -0.4 is 9.47 Å². The minimum atomic E-state index is -0.476. The molecule has 0 N–H and O–H groups in total. The van der Waals surface area contributed by atoms with Crippen molar-refractivity contribution in [2.45, 2.75) is 6.61 Å². The first-order valence-corrected chi connectivity index (χ1v) is 6.99. The van der Waals surface area contributed by atoms with Crippen molar-refractivity contribution in [1.82, 2.24) is 0 Å². The Hall–Kier alpha value is -3.26. The van der Waals surface area contributed by atoms with Gasteiger partial charge in [0.25, 0.3) is 0 Å². The number of nitrogens with zero attached hydrogens (tertiary/aromatic N) is 1. The summed E-state index contributed by atoms with van der Waals surface area (Å²) in [4.78, 5) is 11.8. The molecule has 0 radical (unpaired) electrons. The Morgan fingerprint density at radius 1 is 1.22 bits per heavy atom. The summed E-state index contributed by atoms with van der Waals surface area (Å²) in [6.07, 6.45) is 2.98.